The summed E-state index contributed by atoms with van der Waals surface area (Å²) in [6.45, 7) is 8.24. The molecule has 0 aliphatic rings. The second-order valence-electron chi connectivity index (χ2n) is 4.60. The lowest BCUT2D eigenvalue weighted by Gasteiger charge is -2.16. The van der Waals surface area contributed by atoms with Gasteiger partial charge < -0.3 is 5.32 Å². The van der Waals surface area contributed by atoms with Gasteiger partial charge in [-0.25, -0.2) is 0 Å². The molecule has 96 valence electrons. The van der Waals surface area contributed by atoms with E-state index in [0.29, 0.717) is 6.04 Å². The Morgan fingerprint density at radius 1 is 1.28 bits per heavy atom. The van der Waals surface area contributed by atoms with Crippen molar-refractivity contribution in [3.05, 3.63) is 53.3 Å². The molecule has 2 rings (SSSR count). The predicted octanol–water partition coefficient (Wildman–Crippen LogP) is 3.06. The van der Waals surface area contributed by atoms with E-state index in [1.165, 1.54) is 16.8 Å². The molecule has 3 nitrogen and oxygen atoms in total. The number of hydrogen-bond acceptors (Lipinski definition) is 2. The molecule has 2 aromatic rings. The van der Waals surface area contributed by atoms with Crippen molar-refractivity contribution in [3.63, 3.8) is 0 Å². The van der Waals surface area contributed by atoms with E-state index in [0.717, 1.165) is 13.1 Å². The molecule has 3 heteroatoms. The summed E-state index contributed by atoms with van der Waals surface area (Å²) in [5.41, 5.74) is 3.93. The third-order valence-electron chi connectivity index (χ3n) is 3.35. The van der Waals surface area contributed by atoms with Gasteiger partial charge in [0.25, 0.3) is 0 Å². The number of aryl methyl sites for hydroxylation is 2. The molecule has 0 saturated heterocycles. The Morgan fingerprint density at radius 2 is 2.06 bits per heavy atom. The first-order chi connectivity index (χ1) is 8.72. The standard InChI is InChI=1S/C15H21N3/c1-4-18-14(9-10-17-18)11-16-13(3)15-8-6-5-7-12(15)2/h5-10,13,16H,4,11H2,1-3H3. The lowest BCUT2D eigenvalue weighted by Crippen LogP contribution is -2.20. The summed E-state index contributed by atoms with van der Waals surface area (Å²) in [6, 6.07) is 10.9. The van der Waals surface area contributed by atoms with Crippen LogP contribution >= 0.6 is 0 Å². The van der Waals surface area contributed by atoms with Gasteiger partial charge in [-0.3, -0.25) is 4.68 Å². The van der Waals surface area contributed by atoms with E-state index in [-0.39, 0.29) is 0 Å². The number of nitrogens with one attached hydrogen (secondary N) is 1. The summed E-state index contributed by atoms with van der Waals surface area (Å²) in [4.78, 5) is 0. The van der Waals surface area contributed by atoms with Gasteiger partial charge >= 0.3 is 0 Å². The maximum Gasteiger partial charge on any atom is 0.0522 e. The number of rotatable bonds is 5. The van der Waals surface area contributed by atoms with Crippen LogP contribution in [-0.4, -0.2) is 9.78 Å². The fraction of sp³-hybridized carbons (Fsp3) is 0.400. The molecule has 18 heavy (non-hydrogen) atoms. The number of hydrogen-bond donors (Lipinski definition) is 1. The zero-order valence-electron chi connectivity index (χ0n) is 11.4. The van der Waals surface area contributed by atoms with Crippen molar-refractivity contribution >= 4 is 0 Å². The highest BCUT2D eigenvalue weighted by Gasteiger charge is 2.08. The van der Waals surface area contributed by atoms with Crippen LogP contribution in [0.5, 0.6) is 0 Å². The number of nitrogens with zero attached hydrogens (tertiary/aromatic N) is 2. The van der Waals surface area contributed by atoms with E-state index in [1.807, 2.05) is 10.9 Å². The Labute approximate surface area is 109 Å². The number of aromatic nitrogens is 2. The third kappa shape index (κ3) is 2.79. The van der Waals surface area contributed by atoms with E-state index in [9.17, 15) is 0 Å². The van der Waals surface area contributed by atoms with Crippen LogP contribution in [0.25, 0.3) is 0 Å². The van der Waals surface area contributed by atoms with Crippen molar-refractivity contribution in [1.29, 1.82) is 0 Å². The summed E-state index contributed by atoms with van der Waals surface area (Å²) in [7, 11) is 0. The fourth-order valence-electron chi connectivity index (χ4n) is 2.24. The van der Waals surface area contributed by atoms with Crippen molar-refractivity contribution in [2.45, 2.75) is 39.9 Å². The van der Waals surface area contributed by atoms with E-state index in [1.54, 1.807) is 0 Å². The quantitative estimate of drug-likeness (QED) is 0.874. The average Bonchev–Trinajstić information content (AvgIpc) is 2.84. The Kier molecular flexibility index (Phi) is 4.15. The van der Waals surface area contributed by atoms with Crippen LogP contribution in [0.15, 0.2) is 36.5 Å². The van der Waals surface area contributed by atoms with Crippen LogP contribution in [0.2, 0.25) is 0 Å². The van der Waals surface area contributed by atoms with Crippen LogP contribution in [0.4, 0.5) is 0 Å². The Hall–Kier alpha value is -1.61. The Balaban J connectivity index is 2.01. The molecule has 0 bridgehead atoms. The van der Waals surface area contributed by atoms with Crippen molar-refractivity contribution in [3.8, 4) is 0 Å². The maximum absolute atomic E-state index is 4.28. The minimum absolute atomic E-state index is 0.353. The minimum atomic E-state index is 0.353. The van der Waals surface area contributed by atoms with E-state index < -0.39 is 0 Å². The SMILES string of the molecule is CCn1nccc1CNC(C)c1ccccc1C. The van der Waals surface area contributed by atoms with Crippen molar-refractivity contribution in [2.75, 3.05) is 0 Å². The molecule has 0 aliphatic carbocycles. The molecule has 0 radical (unpaired) electrons. The normalized spacial score (nSPS) is 12.6. The van der Waals surface area contributed by atoms with Crippen molar-refractivity contribution < 1.29 is 0 Å². The second kappa shape index (κ2) is 5.83. The molecule has 1 N–H and O–H groups in total. The summed E-state index contributed by atoms with van der Waals surface area (Å²) in [5, 5.41) is 7.84. The maximum atomic E-state index is 4.28. The molecule has 1 heterocycles. The second-order valence-corrected chi connectivity index (χ2v) is 4.60. The lowest BCUT2D eigenvalue weighted by molar-refractivity contribution is 0.530. The Bertz CT molecular complexity index is 502. The third-order valence-corrected chi connectivity index (χ3v) is 3.35. The van der Waals surface area contributed by atoms with Gasteiger partial charge in [-0.15, -0.1) is 0 Å². The fourth-order valence-corrected chi connectivity index (χ4v) is 2.24. The van der Waals surface area contributed by atoms with Crippen LogP contribution < -0.4 is 5.32 Å². The smallest absolute Gasteiger partial charge is 0.0522 e. The monoisotopic (exact) mass is 243 g/mol. The van der Waals surface area contributed by atoms with Crippen molar-refractivity contribution in [1.82, 2.24) is 15.1 Å². The molecule has 0 amide bonds. The first-order valence-electron chi connectivity index (χ1n) is 6.52. The molecule has 1 aromatic carbocycles. The summed E-state index contributed by atoms with van der Waals surface area (Å²) in [5.74, 6) is 0. The molecule has 0 saturated carbocycles. The highest BCUT2D eigenvalue weighted by atomic mass is 15.3. The van der Waals surface area contributed by atoms with E-state index in [2.05, 4.69) is 61.5 Å². The highest BCUT2D eigenvalue weighted by Crippen LogP contribution is 2.17. The largest absolute Gasteiger partial charge is 0.305 e. The molecule has 1 atom stereocenters. The summed E-state index contributed by atoms with van der Waals surface area (Å²) < 4.78 is 2.03. The first-order valence-corrected chi connectivity index (χ1v) is 6.52. The summed E-state index contributed by atoms with van der Waals surface area (Å²) in [6.07, 6.45) is 1.86. The van der Waals surface area contributed by atoms with Gasteiger partial charge in [-0.2, -0.15) is 5.10 Å². The zero-order chi connectivity index (χ0) is 13.0. The number of benzene rings is 1. The van der Waals surface area contributed by atoms with Crippen LogP contribution in [-0.2, 0) is 13.1 Å². The Morgan fingerprint density at radius 3 is 2.78 bits per heavy atom. The first kappa shape index (κ1) is 12.8. The molecule has 0 fully saturated rings. The highest BCUT2D eigenvalue weighted by molar-refractivity contribution is 5.28. The van der Waals surface area contributed by atoms with Gasteiger partial charge in [0.15, 0.2) is 0 Å². The van der Waals surface area contributed by atoms with Gasteiger partial charge in [-0.05, 0) is 38.0 Å². The van der Waals surface area contributed by atoms with Crippen LogP contribution in [0.1, 0.15) is 36.7 Å². The molecule has 1 aromatic heterocycles. The summed E-state index contributed by atoms with van der Waals surface area (Å²) >= 11 is 0. The van der Waals surface area contributed by atoms with Gasteiger partial charge in [0.05, 0.1) is 5.69 Å². The predicted molar refractivity (Wildman–Crippen MR) is 74.3 cm³/mol. The van der Waals surface area contributed by atoms with Gasteiger partial charge in [0, 0.05) is 25.3 Å². The molecular weight excluding hydrogens is 222 g/mol. The average molecular weight is 243 g/mol. The minimum Gasteiger partial charge on any atom is -0.305 e. The van der Waals surface area contributed by atoms with E-state index >= 15 is 0 Å². The molecule has 1 unspecified atom stereocenters. The van der Waals surface area contributed by atoms with Crippen LogP contribution in [0, 0.1) is 6.92 Å². The van der Waals surface area contributed by atoms with E-state index in [4.69, 9.17) is 0 Å². The molecule has 0 spiro atoms. The lowest BCUT2D eigenvalue weighted by atomic mass is 10.0. The van der Waals surface area contributed by atoms with Gasteiger partial charge in [0.1, 0.15) is 0 Å². The van der Waals surface area contributed by atoms with Gasteiger partial charge in [-0.1, -0.05) is 24.3 Å². The molecule has 0 aliphatic heterocycles. The van der Waals surface area contributed by atoms with Crippen LogP contribution in [0.3, 0.4) is 0 Å². The molecular formula is C15H21N3. The van der Waals surface area contributed by atoms with Gasteiger partial charge in [0.2, 0.25) is 0 Å². The zero-order valence-corrected chi connectivity index (χ0v) is 11.4. The topological polar surface area (TPSA) is 29.9 Å². The van der Waals surface area contributed by atoms with Crippen molar-refractivity contribution in [2.24, 2.45) is 0 Å².